The average molecular weight is 336 g/mol. The van der Waals surface area contributed by atoms with Crippen molar-refractivity contribution in [2.75, 3.05) is 13.1 Å². The molecule has 2 heterocycles. The second-order valence-electron chi connectivity index (χ2n) is 6.07. The van der Waals surface area contributed by atoms with Gasteiger partial charge in [0.05, 0.1) is 22.0 Å². The molecule has 2 N–H and O–H groups in total. The van der Waals surface area contributed by atoms with Gasteiger partial charge in [-0.05, 0) is 30.0 Å². The maximum absolute atomic E-state index is 12.6. The third-order valence-electron chi connectivity index (χ3n) is 4.51. The summed E-state index contributed by atoms with van der Waals surface area (Å²) in [6.45, 7) is 1.30. The SMILES string of the molecule is O=C1C(NCCc2ccc([N+](=O)[O-])cc2)=CC2=NCCc3c[nH]c1c32. The van der Waals surface area contributed by atoms with Crippen LogP contribution >= 0.6 is 0 Å². The number of Topliss-reactive ketones (excluding diaryl/α,β-unsaturated/α-hetero) is 1. The smallest absolute Gasteiger partial charge is 0.269 e. The van der Waals surface area contributed by atoms with Crippen LogP contribution in [-0.2, 0) is 12.8 Å². The third-order valence-corrected chi connectivity index (χ3v) is 4.51. The number of nitrogens with one attached hydrogen (secondary N) is 2. The second kappa shape index (κ2) is 6.01. The van der Waals surface area contributed by atoms with Crippen molar-refractivity contribution in [3.8, 4) is 0 Å². The summed E-state index contributed by atoms with van der Waals surface area (Å²) in [5.74, 6) is -0.0502. The molecule has 0 saturated heterocycles. The molecular weight excluding hydrogens is 320 g/mol. The number of nitro groups is 1. The van der Waals surface area contributed by atoms with Crippen molar-refractivity contribution in [1.82, 2.24) is 10.3 Å². The maximum atomic E-state index is 12.6. The minimum absolute atomic E-state index is 0.0502. The molecule has 7 nitrogen and oxygen atoms in total. The quantitative estimate of drug-likeness (QED) is 0.645. The summed E-state index contributed by atoms with van der Waals surface area (Å²) >= 11 is 0. The van der Waals surface area contributed by atoms with Crippen LogP contribution in [0, 0.1) is 10.1 Å². The van der Waals surface area contributed by atoms with E-state index in [1.807, 2.05) is 12.3 Å². The Balaban J connectivity index is 1.44. The highest BCUT2D eigenvalue weighted by atomic mass is 16.6. The number of hydrogen-bond acceptors (Lipinski definition) is 5. The minimum atomic E-state index is -0.416. The fourth-order valence-electron chi connectivity index (χ4n) is 3.22. The lowest BCUT2D eigenvalue weighted by Crippen LogP contribution is -2.29. The zero-order chi connectivity index (χ0) is 17.4. The molecule has 1 aliphatic carbocycles. The van der Waals surface area contributed by atoms with Crippen molar-refractivity contribution in [1.29, 1.82) is 0 Å². The Morgan fingerprint density at radius 2 is 2.08 bits per heavy atom. The monoisotopic (exact) mass is 336 g/mol. The van der Waals surface area contributed by atoms with Gasteiger partial charge in [-0.25, -0.2) is 0 Å². The van der Waals surface area contributed by atoms with Gasteiger partial charge in [-0.3, -0.25) is 19.9 Å². The van der Waals surface area contributed by atoms with Crippen molar-refractivity contribution in [2.45, 2.75) is 12.8 Å². The number of carbonyl (C=O) groups excluding carboxylic acids is 1. The molecule has 4 rings (SSSR count). The molecule has 126 valence electrons. The van der Waals surface area contributed by atoms with Gasteiger partial charge in [0.25, 0.3) is 5.69 Å². The van der Waals surface area contributed by atoms with E-state index in [1.165, 1.54) is 12.1 Å². The predicted molar refractivity (Wildman–Crippen MR) is 93.1 cm³/mol. The molecule has 2 aromatic rings. The summed E-state index contributed by atoms with van der Waals surface area (Å²) < 4.78 is 0. The van der Waals surface area contributed by atoms with Gasteiger partial charge in [0.2, 0.25) is 5.78 Å². The van der Waals surface area contributed by atoms with E-state index in [4.69, 9.17) is 0 Å². The Kier molecular flexibility index (Phi) is 3.68. The molecular formula is C18H16N4O3. The number of aliphatic imine (C=N–C) groups is 1. The van der Waals surface area contributed by atoms with Gasteiger partial charge >= 0.3 is 0 Å². The number of H-pyrrole nitrogens is 1. The van der Waals surface area contributed by atoms with Crippen LogP contribution in [-0.4, -0.2) is 34.5 Å². The average Bonchev–Trinajstić information content (AvgIpc) is 3.05. The molecule has 0 spiro atoms. The summed E-state index contributed by atoms with van der Waals surface area (Å²) in [4.78, 5) is 30.4. The number of nitrogens with zero attached hydrogens (tertiary/aromatic N) is 2. The Bertz CT molecular complexity index is 922. The van der Waals surface area contributed by atoms with E-state index >= 15 is 0 Å². The fourth-order valence-corrected chi connectivity index (χ4v) is 3.22. The third kappa shape index (κ3) is 2.73. The number of rotatable bonds is 5. The van der Waals surface area contributed by atoms with E-state index < -0.39 is 4.92 Å². The fraction of sp³-hybridized carbons (Fsp3) is 0.222. The standard InChI is InChI=1S/C18H16N4O3/c23-18-15(9-14-16-12(6-8-19-14)10-21-17(16)18)20-7-5-11-1-3-13(4-2-11)22(24)25/h1-4,9-10,20-21H,5-8H2. The zero-order valence-electron chi connectivity index (χ0n) is 13.4. The van der Waals surface area contributed by atoms with Crippen LogP contribution < -0.4 is 5.32 Å². The van der Waals surface area contributed by atoms with E-state index in [0.29, 0.717) is 24.4 Å². The van der Waals surface area contributed by atoms with Gasteiger partial charge in [0.1, 0.15) is 0 Å². The second-order valence-corrected chi connectivity index (χ2v) is 6.07. The van der Waals surface area contributed by atoms with Gasteiger partial charge in [0.15, 0.2) is 0 Å². The first-order valence-corrected chi connectivity index (χ1v) is 8.12. The first-order valence-electron chi connectivity index (χ1n) is 8.12. The van der Waals surface area contributed by atoms with E-state index in [9.17, 15) is 14.9 Å². The molecule has 0 fully saturated rings. The number of benzene rings is 1. The molecule has 0 atom stereocenters. The van der Waals surface area contributed by atoms with Crippen LogP contribution in [0.25, 0.3) is 0 Å². The lowest BCUT2D eigenvalue weighted by Gasteiger charge is -2.19. The largest absolute Gasteiger partial charge is 0.381 e. The predicted octanol–water partition coefficient (Wildman–Crippen LogP) is 2.18. The van der Waals surface area contributed by atoms with Gasteiger partial charge in [0, 0.05) is 37.0 Å². The van der Waals surface area contributed by atoms with Crippen LogP contribution in [0.4, 0.5) is 5.69 Å². The summed E-state index contributed by atoms with van der Waals surface area (Å²) in [6, 6.07) is 6.45. The minimum Gasteiger partial charge on any atom is -0.381 e. The highest BCUT2D eigenvalue weighted by Crippen LogP contribution is 2.26. The highest BCUT2D eigenvalue weighted by Gasteiger charge is 2.29. The molecule has 0 unspecified atom stereocenters. The van der Waals surface area contributed by atoms with Gasteiger partial charge in [-0.15, -0.1) is 0 Å². The molecule has 1 aromatic heterocycles. The van der Waals surface area contributed by atoms with E-state index in [1.54, 1.807) is 12.1 Å². The Morgan fingerprint density at radius 1 is 1.28 bits per heavy atom. The summed E-state index contributed by atoms with van der Waals surface area (Å²) in [6.07, 6.45) is 5.24. The molecule has 7 heteroatoms. The normalized spacial score (nSPS) is 15.3. The van der Waals surface area contributed by atoms with Crippen molar-refractivity contribution in [3.05, 3.63) is 74.7 Å². The van der Waals surface area contributed by atoms with Crippen LogP contribution in [0.15, 0.2) is 47.2 Å². The van der Waals surface area contributed by atoms with Gasteiger partial charge in [-0.1, -0.05) is 12.1 Å². The number of nitro benzene ring substituents is 1. The molecule has 1 aliphatic heterocycles. The van der Waals surface area contributed by atoms with Crippen LogP contribution in [0.5, 0.6) is 0 Å². The van der Waals surface area contributed by atoms with Crippen LogP contribution in [0.2, 0.25) is 0 Å². The molecule has 2 aliphatic rings. The maximum Gasteiger partial charge on any atom is 0.269 e. The zero-order valence-corrected chi connectivity index (χ0v) is 13.4. The molecule has 25 heavy (non-hydrogen) atoms. The van der Waals surface area contributed by atoms with Gasteiger partial charge < -0.3 is 10.3 Å². The van der Waals surface area contributed by atoms with Crippen molar-refractivity contribution in [2.24, 2.45) is 4.99 Å². The summed E-state index contributed by atoms with van der Waals surface area (Å²) in [5, 5.41) is 13.8. The first-order chi connectivity index (χ1) is 12.1. The lowest BCUT2D eigenvalue weighted by atomic mass is 9.92. The first kappa shape index (κ1) is 15.3. The van der Waals surface area contributed by atoms with Crippen molar-refractivity contribution in [3.63, 3.8) is 0 Å². The van der Waals surface area contributed by atoms with Crippen molar-refractivity contribution < 1.29 is 9.72 Å². The molecule has 1 aromatic carbocycles. The van der Waals surface area contributed by atoms with Crippen LogP contribution in [0.1, 0.15) is 27.2 Å². The number of aromatic amines is 1. The number of aromatic nitrogens is 1. The Morgan fingerprint density at radius 3 is 2.84 bits per heavy atom. The number of carbonyl (C=O) groups is 1. The summed E-state index contributed by atoms with van der Waals surface area (Å²) in [5.41, 5.74) is 5.13. The molecule has 0 amide bonds. The van der Waals surface area contributed by atoms with E-state index in [2.05, 4.69) is 15.3 Å². The number of ketones is 1. The van der Waals surface area contributed by atoms with Crippen molar-refractivity contribution >= 4 is 17.2 Å². The highest BCUT2D eigenvalue weighted by molar-refractivity contribution is 6.26. The number of allylic oxidation sites excluding steroid dienone is 2. The number of hydrogen-bond donors (Lipinski definition) is 2. The Hall–Kier alpha value is -3.22. The molecule has 0 bridgehead atoms. The Labute approximate surface area is 143 Å². The number of non-ortho nitro benzene ring substituents is 1. The van der Waals surface area contributed by atoms with E-state index in [-0.39, 0.29) is 11.5 Å². The topological polar surface area (TPSA) is 100 Å². The molecule has 0 saturated carbocycles. The van der Waals surface area contributed by atoms with Crippen LogP contribution in [0.3, 0.4) is 0 Å². The van der Waals surface area contributed by atoms with E-state index in [0.717, 1.165) is 35.4 Å². The summed E-state index contributed by atoms with van der Waals surface area (Å²) in [7, 11) is 0. The van der Waals surface area contributed by atoms with Gasteiger partial charge in [-0.2, -0.15) is 0 Å². The molecule has 0 radical (unpaired) electrons. The lowest BCUT2D eigenvalue weighted by molar-refractivity contribution is -0.384.